The summed E-state index contributed by atoms with van der Waals surface area (Å²) in [6, 6.07) is 0. The van der Waals surface area contributed by atoms with Crippen LogP contribution in [0.4, 0.5) is 0 Å². The van der Waals surface area contributed by atoms with Gasteiger partial charge in [-0.3, -0.25) is 9.89 Å². The molecule has 0 saturated carbocycles. The third-order valence-corrected chi connectivity index (χ3v) is 4.16. The van der Waals surface area contributed by atoms with Crippen LogP contribution in [-0.2, 0) is 4.79 Å². The second-order valence-electron chi connectivity index (χ2n) is 5.42. The summed E-state index contributed by atoms with van der Waals surface area (Å²) in [7, 11) is 0. The fraction of sp³-hybridized carbons (Fsp3) is 0.714. The second kappa shape index (κ2) is 5.12. The minimum atomic E-state index is -0.0839. The summed E-state index contributed by atoms with van der Waals surface area (Å²) in [5.74, 6) is 0.852. The molecule has 0 bridgehead atoms. The molecule has 4 nitrogen and oxygen atoms in total. The van der Waals surface area contributed by atoms with E-state index in [1.807, 2.05) is 25.7 Å². The fourth-order valence-electron chi connectivity index (χ4n) is 2.96. The predicted molar refractivity (Wildman–Crippen MR) is 71.5 cm³/mol. The Morgan fingerprint density at radius 2 is 2.28 bits per heavy atom. The molecule has 0 radical (unpaired) electrons. The van der Waals surface area contributed by atoms with Crippen LogP contribution in [0.3, 0.4) is 0 Å². The topological polar surface area (TPSA) is 49.0 Å². The number of aryl methyl sites for hydroxylation is 2. The van der Waals surface area contributed by atoms with Crippen molar-refractivity contribution in [2.75, 3.05) is 13.1 Å². The van der Waals surface area contributed by atoms with Crippen LogP contribution in [0.1, 0.15) is 49.6 Å². The van der Waals surface area contributed by atoms with Gasteiger partial charge in [0.15, 0.2) is 0 Å². The summed E-state index contributed by atoms with van der Waals surface area (Å²) in [4.78, 5) is 14.5. The number of rotatable bonds is 3. The number of carbonyl (C=O) groups excluding carboxylic acids is 1. The molecular weight excluding hydrogens is 226 g/mol. The Morgan fingerprint density at radius 3 is 2.78 bits per heavy atom. The lowest BCUT2D eigenvalue weighted by atomic mass is 9.98. The van der Waals surface area contributed by atoms with Gasteiger partial charge in [-0.15, -0.1) is 0 Å². The Balaban J connectivity index is 2.10. The number of hydrogen-bond acceptors (Lipinski definition) is 2. The molecule has 4 heteroatoms. The van der Waals surface area contributed by atoms with E-state index < -0.39 is 0 Å². The lowest BCUT2D eigenvalue weighted by Gasteiger charge is -2.21. The Morgan fingerprint density at radius 1 is 1.56 bits per heavy atom. The monoisotopic (exact) mass is 249 g/mol. The summed E-state index contributed by atoms with van der Waals surface area (Å²) in [6.45, 7) is 9.98. The number of nitrogens with zero attached hydrogens (tertiary/aromatic N) is 2. The third kappa shape index (κ3) is 2.28. The lowest BCUT2D eigenvalue weighted by molar-refractivity contribution is -0.131. The molecule has 1 aliphatic heterocycles. The Bertz CT molecular complexity index is 419. The molecule has 2 atom stereocenters. The predicted octanol–water partition coefficient (Wildman–Crippen LogP) is 2.39. The van der Waals surface area contributed by atoms with Crippen LogP contribution >= 0.6 is 0 Å². The highest BCUT2D eigenvalue weighted by molar-refractivity contribution is 5.84. The molecule has 0 aromatic carbocycles. The summed E-state index contributed by atoms with van der Waals surface area (Å²) >= 11 is 0. The largest absolute Gasteiger partial charge is 0.342 e. The molecule has 1 aromatic heterocycles. The molecule has 2 heterocycles. The molecule has 1 aromatic rings. The van der Waals surface area contributed by atoms with E-state index in [1.54, 1.807) is 0 Å². The number of carbonyl (C=O) groups is 1. The average Bonchev–Trinajstić information content (AvgIpc) is 2.95. The maximum Gasteiger partial charge on any atom is 0.229 e. The van der Waals surface area contributed by atoms with Gasteiger partial charge in [-0.05, 0) is 33.1 Å². The average molecular weight is 249 g/mol. The van der Waals surface area contributed by atoms with Crippen LogP contribution in [0.15, 0.2) is 0 Å². The van der Waals surface area contributed by atoms with Gasteiger partial charge in [0.1, 0.15) is 0 Å². The first kappa shape index (κ1) is 13.1. The number of likely N-dealkylation sites (tertiary alicyclic amines) is 1. The van der Waals surface area contributed by atoms with Crippen LogP contribution < -0.4 is 0 Å². The zero-order valence-electron chi connectivity index (χ0n) is 11.8. The first-order chi connectivity index (χ1) is 8.54. The van der Waals surface area contributed by atoms with Gasteiger partial charge in [0.25, 0.3) is 0 Å². The molecule has 1 saturated heterocycles. The number of H-pyrrole nitrogens is 1. The zero-order valence-corrected chi connectivity index (χ0v) is 11.8. The molecule has 2 rings (SSSR count). The molecule has 100 valence electrons. The Kier molecular flexibility index (Phi) is 3.73. The summed E-state index contributed by atoms with van der Waals surface area (Å²) < 4.78 is 0. The number of aromatic amines is 1. The molecule has 0 aliphatic carbocycles. The third-order valence-electron chi connectivity index (χ3n) is 4.16. The van der Waals surface area contributed by atoms with Crippen LogP contribution in [0.5, 0.6) is 0 Å². The van der Waals surface area contributed by atoms with E-state index in [0.29, 0.717) is 5.92 Å². The Hall–Kier alpha value is -1.32. The molecule has 1 amide bonds. The van der Waals surface area contributed by atoms with E-state index >= 15 is 0 Å². The first-order valence-electron chi connectivity index (χ1n) is 6.84. The van der Waals surface area contributed by atoms with Gasteiger partial charge in [0.05, 0.1) is 11.6 Å². The van der Waals surface area contributed by atoms with E-state index in [2.05, 4.69) is 17.1 Å². The van der Waals surface area contributed by atoms with E-state index in [1.165, 1.54) is 6.42 Å². The summed E-state index contributed by atoms with van der Waals surface area (Å²) in [6.07, 6.45) is 2.32. The summed E-state index contributed by atoms with van der Waals surface area (Å²) in [5, 5.41) is 7.14. The van der Waals surface area contributed by atoms with Gasteiger partial charge < -0.3 is 4.90 Å². The van der Waals surface area contributed by atoms with Crippen molar-refractivity contribution in [2.45, 2.75) is 46.5 Å². The number of amides is 1. The van der Waals surface area contributed by atoms with Crippen molar-refractivity contribution in [1.82, 2.24) is 15.1 Å². The minimum absolute atomic E-state index is 0.0839. The van der Waals surface area contributed by atoms with Gasteiger partial charge in [-0.2, -0.15) is 5.10 Å². The van der Waals surface area contributed by atoms with Crippen LogP contribution in [0.25, 0.3) is 0 Å². The molecule has 1 N–H and O–H groups in total. The van der Waals surface area contributed by atoms with Crippen molar-refractivity contribution < 1.29 is 4.79 Å². The molecule has 1 aliphatic rings. The van der Waals surface area contributed by atoms with Crippen LogP contribution in [0.2, 0.25) is 0 Å². The summed E-state index contributed by atoms with van der Waals surface area (Å²) in [5.41, 5.74) is 3.03. The molecular formula is C14H23N3O. The molecule has 1 fully saturated rings. The lowest BCUT2D eigenvalue weighted by Crippen LogP contribution is -2.32. The Labute approximate surface area is 109 Å². The van der Waals surface area contributed by atoms with Crippen molar-refractivity contribution in [1.29, 1.82) is 0 Å². The number of nitrogens with one attached hydrogen (secondary N) is 1. The standard InChI is InChI=1S/C14H23N3O/c1-5-12-6-7-17(8-12)14(18)9(2)13-10(3)15-16-11(13)4/h9,12H,5-8H2,1-4H3,(H,15,16). The fourth-order valence-corrected chi connectivity index (χ4v) is 2.96. The van der Waals surface area contributed by atoms with Gasteiger partial charge >= 0.3 is 0 Å². The van der Waals surface area contributed by atoms with Crippen molar-refractivity contribution in [3.05, 3.63) is 17.0 Å². The van der Waals surface area contributed by atoms with Gasteiger partial charge in [-0.1, -0.05) is 13.3 Å². The van der Waals surface area contributed by atoms with Crippen LogP contribution in [-0.4, -0.2) is 34.1 Å². The van der Waals surface area contributed by atoms with E-state index in [-0.39, 0.29) is 11.8 Å². The maximum atomic E-state index is 12.5. The van der Waals surface area contributed by atoms with Gasteiger partial charge in [0, 0.05) is 24.3 Å². The minimum Gasteiger partial charge on any atom is -0.342 e. The number of hydrogen-bond donors (Lipinski definition) is 1. The molecule has 18 heavy (non-hydrogen) atoms. The van der Waals surface area contributed by atoms with E-state index in [9.17, 15) is 4.79 Å². The van der Waals surface area contributed by atoms with Crippen molar-refractivity contribution >= 4 is 5.91 Å². The highest BCUT2D eigenvalue weighted by atomic mass is 16.2. The normalized spacial score (nSPS) is 21.3. The highest BCUT2D eigenvalue weighted by Gasteiger charge is 2.30. The molecule has 0 spiro atoms. The highest BCUT2D eigenvalue weighted by Crippen LogP contribution is 2.27. The van der Waals surface area contributed by atoms with Crippen molar-refractivity contribution in [3.63, 3.8) is 0 Å². The maximum absolute atomic E-state index is 12.5. The smallest absolute Gasteiger partial charge is 0.229 e. The van der Waals surface area contributed by atoms with Gasteiger partial charge in [-0.25, -0.2) is 0 Å². The van der Waals surface area contributed by atoms with E-state index in [4.69, 9.17) is 0 Å². The first-order valence-corrected chi connectivity index (χ1v) is 6.84. The van der Waals surface area contributed by atoms with Crippen molar-refractivity contribution in [3.8, 4) is 0 Å². The van der Waals surface area contributed by atoms with Gasteiger partial charge in [0.2, 0.25) is 5.91 Å². The zero-order chi connectivity index (χ0) is 13.3. The van der Waals surface area contributed by atoms with Crippen molar-refractivity contribution in [2.24, 2.45) is 5.92 Å². The molecule has 2 unspecified atom stereocenters. The second-order valence-corrected chi connectivity index (χ2v) is 5.42. The van der Waals surface area contributed by atoms with E-state index in [0.717, 1.165) is 36.5 Å². The number of aromatic nitrogens is 2. The SMILES string of the molecule is CCC1CCN(C(=O)C(C)c2c(C)n[nH]c2C)C1. The quantitative estimate of drug-likeness (QED) is 0.894. The van der Waals surface area contributed by atoms with Crippen LogP contribution in [0, 0.1) is 19.8 Å².